The van der Waals surface area contributed by atoms with Crippen molar-refractivity contribution in [2.75, 3.05) is 13.2 Å². The summed E-state index contributed by atoms with van der Waals surface area (Å²) in [7, 11) is -2.67. The second-order valence-electron chi connectivity index (χ2n) is 4.15. The van der Waals surface area contributed by atoms with Crippen LogP contribution in [-0.2, 0) is 19.0 Å². The average Bonchev–Trinajstić information content (AvgIpc) is 2.38. The molecule has 1 rings (SSSR count). The summed E-state index contributed by atoms with van der Waals surface area (Å²) in [5.74, 6) is 0. The third-order valence-electron chi connectivity index (χ3n) is 2.53. The molecule has 0 bridgehead atoms. The van der Waals surface area contributed by atoms with Crippen LogP contribution in [0.3, 0.4) is 0 Å². The number of alkyl halides is 2. The summed E-state index contributed by atoms with van der Waals surface area (Å²) in [5, 5.41) is 5.48. The second-order valence-corrected chi connectivity index (χ2v) is 5.89. The molecule has 1 unspecified atom stereocenters. The van der Waals surface area contributed by atoms with E-state index in [1.165, 1.54) is 0 Å². The number of hydrogen-bond acceptors (Lipinski definition) is 5. The minimum atomic E-state index is -5.12. The van der Waals surface area contributed by atoms with E-state index < -0.39 is 34.7 Å². The summed E-state index contributed by atoms with van der Waals surface area (Å²) < 4.78 is 56.0. The molecule has 0 amide bonds. The number of rotatable bonds is 7. The van der Waals surface area contributed by atoms with Gasteiger partial charge in [0.15, 0.2) is 0 Å². The van der Waals surface area contributed by atoms with Crippen molar-refractivity contribution in [2.45, 2.75) is 18.3 Å². The summed E-state index contributed by atoms with van der Waals surface area (Å²) in [4.78, 5) is 0. The fourth-order valence-electron chi connectivity index (χ4n) is 1.33. The summed E-state index contributed by atoms with van der Waals surface area (Å²) in [6.07, 6.45) is -1.13. The van der Waals surface area contributed by atoms with Crippen LogP contribution in [0.15, 0.2) is 24.3 Å². The Hall–Kier alpha value is -1.22. The smallest absolute Gasteiger partial charge is 0.386 e. The van der Waals surface area contributed by atoms with Crippen LogP contribution in [0.5, 0.6) is 0 Å². The van der Waals surface area contributed by atoms with Gasteiger partial charge in [-0.05, 0) is 12.5 Å². The quantitative estimate of drug-likeness (QED) is 0.614. The van der Waals surface area contributed by atoms with Gasteiger partial charge in [0.1, 0.15) is 12.7 Å². The van der Waals surface area contributed by atoms with Crippen LogP contribution in [-0.4, -0.2) is 32.0 Å². The molecule has 1 aromatic rings. The molecule has 1 N–H and O–H groups in total. The Morgan fingerprint density at radius 2 is 1.90 bits per heavy atom. The van der Waals surface area contributed by atoms with E-state index in [2.05, 4.69) is 16.0 Å². The number of benzene rings is 1. The number of ether oxygens (including phenoxy) is 1. The van der Waals surface area contributed by atoms with Gasteiger partial charge >= 0.3 is 15.4 Å². The van der Waals surface area contributed by atoms with E-state index in [1.54, 1.807) is 24.3 Å². The van der Waals surface area contributed by atoms with Crippen molar-refractivity contribution in [2.24, 2.45) is 0 Å². The second kappa shape index (κ2) is 6.49. The Kier molecular flexibility index (Phi) is 5.46. The summed E-state index contributed by atoms with van der Waals surface area (Å²) in [5.41, 5.74) is 1.46. The van der Waals surface area contributed by atoms with Crippen molar-refractivity contribution < 1.29 is 31.2 Å². The maximum atomic E-state index is 13.1. The van der Waals surface area contributed by atoms with Gasteiger partial charge < -0.3 is 9.84 Å². The molecule has 112 valence electrons. The molecule has 0 spiro atoms. The largest absolute Gasteiger partial charge is 0.396 e. The van der Waals surface area contributed by atoms with Crippen LogP contribution in [0.2, 0.25) is 0 Å². The zero-order chi connectivity index (χ0) is 15.4. The first kappa shape index (κ1) is 16.8. The highest BCUT2D eigenvalue weighted by Gasteiger charge is 2.48. The lowest BCUT2D eigenvalue weighted by atomic mass is 10.1. The van der Waals surface area contributed by atoms with Crippen molar-refractivity contribution in [3.63, 3.8) is 0 Å². The molecule has 20 heavy (non-hydrogen) atoms. The Morgan fingerprint density at radius 3 is 2.40 bits per heavy atom. The lowest BCUT2D eigenvalue weighted by molar-refractivity contribution is -0.0466. The van der Waals surface area contributed by atoms with Crippen LogP contribution in [0.1, 0.15) is 17.2 Å². The highest BCUT2D eigenvalue weighted by Crippen LogP contribution is 2.24. The zero-order valence-corrected chi connectivity index (χ0v) is 11.6. The Morgan fingerprint density at radius 1 is 1.35 bits per heavy atom. The van der Waals surface area contributed by atoms with Crippen LogP contribution in [0.25, 0.3) is 0 Å². The highest BCUT2D eigenvalue weighted by molar-refractivity contribution is 7.87. The maximum absolute atomic E-state index is 13.1. The molecule has 0 saturated heterocycles. The van der Waals surface area contributed by atoms with Crippen LogP contribution in [0, 0.1) is 14.0 Å². The fraction of sp³-hybridized carbons (Fsp3) is 0.417. The van der Waals surface area contributed by atoms with E-state index in [1.807, 2.05) is 6.92 Å². The Labute approximate surface area is 116 Å². The first-order chi connectivity index (χ1) is 9.19. The molecule has 0 aliphatic heterocycles. The number of aliphatic hydroxyl groups is 1. The minimum absolute atomic E-state index is 0.467. The van der Waals surface area contributed by atoms with E-state index >= 15 is 0 Å². The monoisotopic (exact) mass is 309 g/mol. The molecule has 0 radical (unpaired) electrons. The van der Waals surface area contributed by atoms with Crippen LogP contribution in [0.4, 0.5) is 8.78 Å². The van der Waals surface area contributed by atoms with Gasteiger partial charge in [0.05, 0.1) is 6.61 Å². The maximum Gasteiger partial charge on any atom is 0.396 e. The predicted octanol–water partition coefficient (Wildman–Crippen LogP) is 1.78. The number of halogens is 2. The van der Waals surface area contributed by atoms with Crippen molar-refractivity contribution in [3.05, 3.63) is 42.5 Å². The van der Waals surface area contributed by atoms with E-state index in [0.717, 1.165) is 5.56 Å². The Bertz CT molecular complexity index is 527. The summed E-state index contributed by atoms with van der Waals surface area (Å²) in [6, 6.07) is 6.73. The lowest BCUT2D eigenvalue weighted by Gasteiger charge is -2.16. The highest BCUT2D eigenvalue weighted by atomic mass is 32.2. The third-order valence-corrected chi connectivity index (χ3v) is 3.69. The first-order valence-corrected chi connectivity index (χ1v) is 6.99. The topological polar surface area (TPSA) is 72.8 Å². The first-order valence-electron chi connectivity index (χ1n) is 5.58. The van der Waals surface area contributed by atoms with E-state index in [0.29, 0.717) is 5.56 Å². The molecule has 8 heteroatoms. The molecule has 1 aromatic carbocycles. The fourth-order valence-corrected chi connectivity index (χ4v) is 1.73. The van der Waals surface area contributed by atoms with Gasteiger partial charge in [0, 0.05) is 0 Å². The average molecular weight is 309 g/mol. The van der Waals surface area contributed by atoms with Crippen LogP contribution >= 0.6 is 0 Å². The van der Waals surface area contributed by atoms with Gasteiger partial charge in [-0.1, -0.05) is 34.0 Å². The van der Waals surface area contributed by atoms with E-state index in [-0.39, 0.29) is 0 Å². The molecule has 0 fully saturated rings. The molecule has 0 aliphatic carbocycles. The van der Waals surface area contributed by atoms with Gasteiger partial charge in [-0.25, -0.2) is 0 Å². The number of aryl methyl sites for hydroxylation is 1. The predicted molar refractivity (Wildman–Crippen MR) is 67.3 cm³/mol. The van der Waals surface area contributed by atoms with E-state index in [9.17, 15) is 22.3 Å². The number of hydrogen-bond donors (Lipinski definition) is 1. The minimum Gasteiger partial charge on any atom is -0.386 e. The Balaban J connectivity index is 2.54. The SMILES string of the molecule is [CH2+]OS(=O)(=O)C(F)(F)COCC(O)c1ccc(C)cc1. The molecular weight excluding hydrogens is 294 g/mol. The lowest BCUT2D eigenvalue weighted by Crippen LogP contribution is -2.35. The van der Waals surface area contributed by atoms with Gasteiger partial charge in [0.2, 0.25) is 7.11 Å². The van der Waals surface area contributed by atoms with Gasteiger partial charge in [0.25, 0.3) is 0 Å². The normalized spacial score (nSPS) is 14.2. The molecule has 5 nitrogen and oxygen atoms in total. The van der Waals surface area contributed by atoms with Gasteiger partial charge in [-0.3, -0.25) is 0 Å². The third kappa shape index (κ3) is 4.14. The van der Waals surface area contributed by atoms with Crippen LogP contribution < -0.4 is 0 Å². The standard InChI is InChI=1S/C12H15F2O5S/c1-9-3-5-10(6-4-9)11(15)7-19-8-12(13,14)20(16,17)18-2/h3-6,11,15H,2,7-8H2,1H3/q+1. The van der Waals surface area contributed by atoms with Crippen molar-refractivity contribution in [1.29, 1.82) is 0 Å². The molecule has 0 heterocycles. The molecule has 0 aliphatic rings. The summed E-state index contributed by atoms with van der Waals surface area (Å²) >= 11 is 0. The molecular formula is C12H15F2O5S+. The molecule has 0 aromatic heterocycles. The van der Waals surface area contributed by atoms with Crippen molar-refractivity contribution in [1.82, 2.24) is 0 Å². The zero-order valence-electron chi connectivity index (χ0n) is 10.8. The van der Waals surface area contributed by atoms with E-state index in [4.69, 9.17) is 0 Å². The van der Waals surface area contributed by atoms with Gasteiger partial charge in [-0.15, -0.1) is 0 Å². The van der Waals surface area contributed by atoms with Crippen molar-refractivity contribution in [3.8, 4) is 0 Å². The summed E-state index contributed by atoms with van der Waals surface area (Å²) in [6.45, 7) is -0.0318. The van der Waals surface area contributed by atoms with Gasteiger partial charge in [-0.2, -0.15) is 17.2 Å². The molecule has 1 atom stereocenters. The molecule has 0 saturated carbocycles. The number of aliphatic hydroxyl groups excluding tert-OH is 1. The van der Waals surface area contributed by atoms with Crippen molar-refractivity contribution >= 4 is 10.1 Å².